The van der Waals surface area contributed by atoms with Gasteiger partial charge in [-0.15, -0.1) is 0 Å². The van der Waals surface area contributed by atoms with Gasteiger partial charge in [-0.25, -0.2) is 12.7 Å². The van der Waals surface area contributed by atoms with E-state index < -0.39 is 10.0 Å². The molecule has 0 atom stereocenters. The van der Waals surface area contributed by atoms with Crippen molar-refractivity contribution >= 4 is 33.5 Å². The SMILES string of the molecule is CCOC(=O)C1CCN(C(=O)C2CCN(S(=O)(=O)Cc3cccc(Cl)c3)CC2)CC1. The van der Waals surface area contributed by atoms with Crippen molar-refractivity contribution in [1.29, 1.82) is 0 Å². The molecule has 7 nitrogen and oxygen atoms in total. The molecule has 0 unspecified atom stereocenters. The second-order valence-corrected chi connectivity index (χ2v) is 10.3. The molecule has 1 aromatic rings. The number of piperidine rings is 2. The van der Waals surface area contributed by atoms with Crippen LogP contribution in [-0.2, 0) is 30.1 Å². The number of carbonyl (C=O) groups excluding carboxylic acids is 2. The zero-order valence-electron chi connectivity index (χ0n) is 17.3. The fraction of sp³-hybridized carbons (Fsp3) is 0.619. The number of amides is 1. The summed E-state index contributed by atoms with van der Waals surface area (Å²) in [7, 11) is -3.45. The van der Waals surface area contributed by atoms with Gasteiger partial charge in [-0.2, -0.15) is 0 Å². The fourth-order valence-electron chi connectivity index (χ4n) is 4.16. The summed E-state index contributed by atoms with van der Waals surface area (Å²) < 4.78 is 32.0. The molecule has 3 rings (SSSR count). The Morgan fingerprint density at radius 1 is 1.07 bits per heavy atom. The van der Waals surface area contributed by atoms with Crippen LogP contribution in [-0.4, -0.2) is 62.3 Å². The van der Waals surface area contributed by atoms with E-state index >= 15 is 0 Å². The topological polar surface area (TPSA) is 84.0 Å². The minimum atomic E-state index is -3.45. The van der Waals surface area contributed by atoms with Gasteiger partial charge in [-0.3, -0.25) is 9.59 Å². The number of esters is 1. The van der Waals surface area contributed by atoms with Gasteiger partial charge in [-0.1, -0.05) is 23.7 Å². The largest absolute Gasteiger partial charge is 0.466 e. The first-order chi connectivity index (χ1) is 14.3. The van der Waals surface area contributed by atoms with E-state index in [0.29, 0.717) is 69.1 Å². The van der Waals surface area contributed by atoms with Crippen molar-refractivity contribution in [2.45, 2.75) is 38.4 Å². The highest BCUT2D eigenvalue weighted by atomic mass is 35.5. The van der Waals surface area contributed by atoms with Crippen LogP contribution in [0.4, 0.5) is 0 Å². The molecular formula is C21H29ClN2O5S. The molecule has 2 fully saturated rings. The van der Waals surface area contributed by atoms with Crippen molar-refractivity contribution in [2.75, 3.05) is 32.8 Å². The van der Waals surface area contributed by atoms with Crippen molar-refractivity contribution in [3.63, 3.8) is 0 Å². The summed E-state index contributed by atoms with van der Waals surface area (Å²) >= 11 is 5.95. The van der Waals surface area contributed by atoms with E-state index in [1.54, 1.807) is 31.2 Å². The number of likely N-dealkylation sites (tertiary alicyclic amines) is 1. The molecule has 0 aliphatic carbocycles. The van der Waals surface area contributed by atoms with Gasteiger partial charge in [0, 0.05) is 37.1 Å². The number of hydrogen-bond donors (Lipinski definition) is 0. The Balaban J connectivity index is 1.49. The molecule has 1 aromatic carbocycles. The van der Waals surface area contributed by atoms with Crippen molar-refractivity contribution in [2.24, 2.45) is 11.8 Å². The second-order valence-electron chi connectivity index (χ2n) is 7.91. The zero-order chi connectivity index (χ0) is 21.7. The maximum Gasteiger partial charge on any atom is 0.309 e. The van der Waals surface area contributed by atoms with E-state index in [9.17, 15) is 18.0 Å². The maximum atomic E-state index is 12.9. The minimum absolute atomic E-state index is 0.0733. The molecule has 30 heavy (non-hydrogen) atoms. The quantitative estimate of drug-likeness (QED) is 0.614. The van der Waals surface area contributed by atoms with Crippen LogP contribution >= 0.6 is 11.6 Å². The molecule has 0 aromatic heterocycles. The second kappa shape index (κ2) is 10.1. The fourth-order valence-corrected chi connectivity index (χ4v) is 5.93. The summed E-state index contributed by atoms with van der Waals surface area (Å²) in [6.45, 7) is 3.96. The molecule has 2 saturated heterocycles. The standard InChI is InChI=1S/C21H29ClN2O5S/c1-2-29-21(26)18-6-10-23(11-7-18)20(25)17-8-12-24(13-9-17)30(27,28)15-16-4-3-5-19(22)14-16/h3-5,14,17-18H,2,6-13,15H2,1H3. The van der Waals surface area contributed by atoms with Gasteiger partial charge >= 0.3 is 5.97 Å². The molecule has 2 aliphatic rings. The number of halogens is 1. The lowest BCUT2D eigenvalue weighted by Crippen LogP contribution is -2.47. The molecule has 9 heteroatoms. The van der Waals surface area contributed by atoms with E-state index in [0.717, 1.165) is 0 Å². The third-order valence-corrected chi connectivity index (χ3v) is 7.95. The van der Waals surface area contributed by atoms with Crippen LogP contribution in [0.1, 0.15) is 38.2 Å². The Bertz CT molecular complexity index is 860. The van der Waals surface area contributed by atoms with Crippen LogP contribution < -0.4 is 0 Å². The summed E-state index contributed by atoms with van der Waals surface area (Å²) in [5, 5.41) is 0.513. The average molecular weight is 457 g/mol. The first-order valence-corrected chi connectivity index (χ1v) is 12.5. The predicted molar refractivity (Wildman–Crippen MR) is 114 cm³/mol. The number of nitrogens with zero attached hydrogens (tertiary/aromatic N) is 2. The van der Waals surface area contributed by atoms with E-state index in [-0.39, 0.29) is 29.5 Å². The van der Waals surface area contributed by atoms with Crippen LogP contribution in [0.3, 0.4) is 0 Å². The van der Waals surface area contributed by atoms with Crippen molar-refractivity contribution in [3.05, 3.63) is 34.9 Å². The molecule has 0 saturated carbocycles. The maximum absolute atomic E-state index is 12.9. The van der Waals surface area contributed by atoms with E-state index in [4.69, 9.17) is 16.3 Å². The molecule has 0 bridgehead atoms. The zero-order valence-corrected chi connectivity index (χ0v) is 18.8. The number of ether oxygens (including phenoxy) is 1. The van der Waals surface area contributed by atoms with E-state index in [1.807, 2.05) is 4.90 Å². The molecule has 0 N–H and O–H groups in total. The summed E-state index contributed by atoms with van der Waals surface area (Å²) in [6.07, 6.45) is 2.28. The van der Waals surface area contributed by atoms with Crippen molar-refractivity contribution < 1.29 is 22.7 Å². The van der Waals surface area contributed by atoms with Crippen LogP contribution in [0, 0.1) is 11.8 Å². The van der Waals surface area contributed by atoms with Gasteiger partial charge in [-0.05, 0) is 50.3 Å². The Morgan fingerprint density at radius 3 is 2.30 bits per heavy atom. The molecular weight excluding hydrogens is 428 g/mol. The predicted octanol–water partition coefficient (Wildman–Crippen LogP) is 2.68. The number of hydrogen-bond acceptors (Lipinski definition) is 5. The number of rotatable bonds is 6. The van der Waals surface area contributed by atoms with Gasteiger partial charge in [0.2, 0.25) is 15.9 Å². The molecule has 2 heterocycles. The Labute approximate surface area is 183 Å². The average Bonchev–Trinajstić information content (AvgIpc) is 2.73. The number of sulfonamides is 1. The summed E-state index contributed by atoms with van der Waals surface area (Å²) in [6, 6.07) is 6.86. The lowest BCUT2D eigenvalue weighted by atomic mass is 9.92. The number of carbonyl (C=O) groups is 2. The minimum Gasteiger partial charge on any atom is -0.466 e. The number of benzene rings is 1. The Hall–Kier alpha value is -1.64. The Morgan fingerprint density at radius 2 is 1.70 bits per heavy atom. The normalized spacial score (nSPS) is 19.6. The molecule has 0 radical (unpaired) electrons. The first kappa shape index (κ1) is 23.0. The van der Waals surface area contributed by atoms with Crippen molar-refractivity contribution in [3.8, 4) is 0 Å². The van der Waals surface area contributed by atoms with Crippen LogP contribution in [0.5, 0.6) is 0 Å². The van der Waals surface area contributed by atoms with Gasteiger partial charge in [0.15, 0.2) is 0 Å². The van der Waals surface area contributed by atoms with E-state index in [1.165, 1.54) is 4.31 Å². The highest BCUT2D eigenvalue weighted by Crippen LogP contribution is 2.26. The first-order valence-electron chi connectivity index (χ1n) is 10.5. The van der Waals surface area contributed by atoms with Crippen molar-refractivity contribution in [1.82, 2.24) is 9.21 Å². The van der Waals surface area contributed by atoms with Crippen LogP contribution in [0.15, 0.2) is 24.3 Å². The van der Waals surface area contributed by atoms with Gasteiger partial charge < -0.3 is 9.64 Å². The lowest BCUT2D eigenvalue weighted by Gasteiger charge is -2.36. The van der Waals surface area contributed by atoms with Gasteiger partial charge in [0.05, 0.1) is 18.3 Å². The highest BCUT2D eigenvalue weighted by molar-refractivity contribution is 7.88. The summed E-state index contributed by atoms with van der Waals surface area (Å²) in [4.78, 5) is 26.5. The Kier molecular flexibility index (Phi) is 7.76. The summed E-state index contributed by atoms with van der Waals surface area (Å²) in [5.41, 5.74) is 0.658. The third kappa shape index (κ3) is 5.74. The molecule has 0 spiro atoms. The molecule has 1 amide bonds. The summed E-state index contributed by atoms with van der Waals surface area (Å²) in [5.74, 6) is -0.491. The molecule has 2 aliphatic heterocycles. The monoisotopic (exact) mass is 456 g/mol. The van der Waals surface area contributed by atoms with Crippen LogP contribution in [0.25, 0.3) is 0 Å². The van der Waals surface area contributed by atoms with Crippen LogP contribution in [0.2, 0.25) is 5.02 Å². The molecule has 166 valence electrons. The van der Waals surface area contributed by atoms with E-state index in [2.05, 4.69) is 0 Å². The highest BCUT2D eigenvalue weighted by Gasteiger charge is 2.35. The smallest absolute Gasteiger partial charge is 0.309 e. The lowest BCUT2D eigenvalue weighted by molar-refractivity contribution is -0.152. The van der Waals surface area contributed by atoms with Gasteiger partial charge in [0.25, 0.3) is 0 Å². The van der Waals surface area contributed by atoms with Gasteiger partial charge in [0.1, 0.15) is 0 Å². The third-order valence-electron chi connectivity index (χ3n) is 5.86.